The van der Waals surface area contributed by atoms with Crippen molar-refractivity contribution in [2.75, 3.05) is 23.5 Å². The maximum absolute atomic E-state index is 11.0. The summed E-state index contributed by atoms with van der Waals surface area (Å²) in [5.74, 6) is 0.817. The molecule has 1 heterocycles. The van der Waals surface area contributed by atoms with Crippen LogP contribution in [0.15, 0.2) is 52.6 Å². The smallest absolute Gasteiger partial charge is 0.308 e. The lowest BCUT2D eigenvalue weighted by molar-refractivity contribution is -0.131. The summed E-state index contributed by atoms with van der Waals surface area (Å²) in [7, 11) is 0. The molecule has 0 aliphatic rings. The van der Waals surface area contributed by atoms with E-state index in [0.717, 1.165) is 28.1 Å². The SMILES string of the molecule is C=C(Cl)CONc1ccc(Br)cc1CN(CC)c1ccc(OC(C)=O)cn1. The zero-order chi connectivity index (χ0) is 19.8. The molecule has 2 aromatic rings. The van der Waals surface area contributed by atoms with Crippen molar-refractivity contribution in [1.29, 1.82) is 0 Å². The highest BCUT2D eigenvalue weighted by molar-refractivity contribution is 9.10. The fourth-order valence-corrected chi connectivity index (χ4v) is 2.79. The number of nitrogens with zero attached hydrogens (tertiary/aromatic N) is 2. The Kier molecular flexibility index (Phi) is 8.09. The minimum Gasteiger partial charge on any atom is -0.425 e. The number of esters is 1. The van der Waals surface area contributed by atoms with E-state index in [4.69, 9.17) is 21.2 Å². The summed E-state index contributed by atoms with van der Waals surface area (Å²) in [6.45, 7) is 8.54. The number of hydrogen-bond acceptors (Lipinski definition) is 6. The van der Waals surface area contributed by atoms with Crippen molar-refractivity contribution in [2.24, 2.45) is 0 Å². The quantitative estimate of drug-likeness (QED) is 0.430. The fourth-order valence-electron chi connectivity index (χ4n) is 2.33. The van der Waals surface area contributed by atoms with Crippen molar-refractivity contribution in [1.82, 2.24) is 4.98 Å². The fraction of sp³-hybridized carbons (Fsp3) is 0.263. The standard InChI is InChI=1S/C19H21BrClN3O3/c1-4-24(19-8-6-17(10-22-19)27-14(3)25)11-15-9-16(20)5-7-18(15)23-26-12-13(2)21/h5-10,23H,2,4,11-12H2,1,3H3. The van der Waals surface area contributed by atoms with Gasteiger partial charge in [0.1, 0.15) is 18.2 Å². The summed E-state index contributed by atoms with van der Waals surface area (Å²) in [5.41, 5.74) is 4.75. The van der Waals surface area contributed by atoms with Gasteiger partial charge < -0.3 is 9.64 Å². The first-order valence-electron chi connectivity index (χ1n) is 8.28. The lowest BCUT2D eigenvalue weighted by Gasteiger charge is -2.24. The number of anilines is 2. The van der Waals surface area contributed by atoms with Gasteiger partial charge in [-0.1, -0.05) is 34.1 Å². The molecule has 0 aliphatic heterocycles. The lowest BCUT2D eigenvalue weighted by Crippen LogP contribution is -2.23. The number of nitrogens with one attached hydrogen (secondary N) is 1. The van der Waals surface area contributed by atoms with Crippen LogP contribution in [0.25, 0.3) is 0 Å². The molecule has 1 aromatic heterocycles. The summed E-state index contributed by atoms with van der Waals surface area (Å²) < 4.78 is 5.99. The summed E-state index contributed by atoms with van der Waals surface area (Å²) in [6.07, 6.45) is 1.54. The molecular formula is C19H21BrClN3O3. The van der Waals surface area contributed by atoms with Crippen LogP contribution < -0.4 is 15.1 Å². The van der Waals surface area contributed by atoms with Crippen LogP contribution in [0, 0.1) is 0 Å². The van der Waals surface area contributed by atoms with Gasteiger partial charge in [-0.15, -0.1) is 0 Å². The second-order valence-corrected chi connectivity index (χ2v) is 7.12. The molecule has 144 valence electrons. The van der Waals surface area contributed by atoms with E-state index < -0.39 is 0 Å². The summed E-state index contributed by atoms with van der Waals surface area (Å²) in [6, 6.07) is 9.40. The van der Waals surface area contributed by atoms with Gasteiger partial charge in [-0.25, -0.2) is 4.98 Å². The number of hydrogen-bond donors (Lipinski definition) is 1. The van der Waals surface area contributed by atoms with Crippen LogP contribution in [0.5, 0.6) is 5.75 Å². The molecule has 0 fully saturated rings. The van der Waals surface area contributed by atoms with Crippen molar-refractivity contribution in [2.45, 2.75) is 20.4 Å². The molecule has 2 rings (SSSR count). The molecule has 0 unspecified atom stereocenters. The minimum atomic E-state index is -0.374. The summed E-state index contributed by atoms with van der Waals surface area (Å²) in [4.78, 5) is 22.9. The van der Waals surface area contributed by atoms with E-state index in [-0.39, 0.29) is 12.6 Å². The zero-order valence-electron chi connectivity index (χ0n) is 15.2. The van der Waals surface area contributed by atoms with Gasteiger partial charge in [0, 0.05) is 29.5 Å². The topological polar surface area (TPSA) is 63.7 Å². The Morgan fingerprint density at radius 1 is 1.37 bits per heavy atom. The predicted octanol–water partition coefficient (Wildman–Crippen LogP) is 4.89. The largest absolute Gasteiger partial charge is 0.425 e. The maximum atomic E-state index is 11.0. The molecule has 0 aliphatic carbocycles. The van der Waals surface area contributed by atoms with Crippen LogP contribution in [0.3, 0.4) is 0 Å². The third kappa shape index (κ3) is 6.86. The Balaban J connectivity index is 2.15. The molecule has 1 aromatic carbocycles. The molecule has 0 bridgehead atoms. The summed E-state index contributed by atoms with van der Waals surface area (Å²) >= 11 is 9.23. The van der Waals surface area contributed by atoms with Gasteiger partial charge >= 0.3 is 5.97 Å². The number of pyridine rings is 1. The van der Waals surface area contributed by atoms with Crippen LogP contribution >= 0.6 is 27.5 Å². The first-order valence-corrected chi connectivity index (χ1v) is 9.45. The zero-order valence-corrected chi connectivity index (χ0v) is 17.5. The van der Waals surface area contributed by atoms with Crippen LogP contribution in [0.2, 0.25) is 0 Å². The van der Waals surface area contributed by atoms with E-state index in [1.54, 1.807) is 6.07 Å². The molecule has 27 heavy (non-hydrogen) atoms. The second-order valence-electron chi connectivity index (χ2n) is 5.67. The van der Waals surface area contributed by atoms with E-state index in [0.29, 0.717) is 17.3 Å². The number of carbonyl (C=O) groups excluding carboxylic acids is 1. The average Bonchev–Trinajstić information content (AvgIpc) is 2.61. The Morgan fingerprint density at radius 2 is 2.15 bits per heavy atom. The Morgan fingerprint density at radius 3 is 2.74 bits per heavy atom. The van der Waals surface area contributed by atoms with Gasteiger partial charge in [0.05, 0.1) is 11.9 Å². The van der Waals surface area contributed by atoms with E-state index >= 15 is 0 Å². The number of rotatable bonds is 9. The predicted molar refractivity (Wildman–Crippen MR) is 111 cm³/mol. The van der Waals surface area contributed by atoms with E-state index in [2.05, 4.69) is 37.9 Å². The highest BCUT2D eigenvalue weighted by atomic mass is 79.9. The Hall–Kier alpha value is -2.09. The third-order valence-electron chi connectivity index (χ3n) is 3.53. The van der Waals surface area contributed by atoms with Gasteiger partial charge in [-0.3, -0.25) is 15.1 Å². The molecule has 0 saturated heterocycles. The monoisotopic (exact) mass is 453 g/mol. The second kappa shape index (κ2) is 10.3. The van der Waals surface area contributed by atoms with Crippen molar-refractivity contribution in [3.63, 3.8) is 0 Å². The number of aromatic nitrogens is 1. The molecule has 0 saturated carbocycles. The first-order chi connectivity index (χ1) is 12.9. The highest BCUT2D eigenvalue weighted by Crippen LogP contribution is 2.25. The molecule has 6 nitrogen and oxygen atoms in total. The molecule has 0 amide bonds. The van der Waals surface area contributed by atoms with E-state index in [1.165, 1.54) is 13.1 Å². The Labute approximate surface area is 172 Å². The minimum absolute atomic E-state index is 0.202. The van der Waals surface area contributed by atoms with Gasteiger partial charge in [0.25, 0.3) is 0 Å². The number of benzene rings is 1. The van der Waals surface area contributed by atoms with Crippen molar-refractivity contribution < 1.29 is 14.4 Å². The lowest BCUT2D eigenvalue weighted by atomic mass is 10.1. The van der Waals surface area contributed by atoms with Crippen molar-refractivity contribution >= 4 is 45.0 Å². The molecular weight excluding hydrogens is 434 g/mol. The van der Waals surface area contributed by atoms with Gasteiger partial charge in [-0.05, 0) is 42.8 Å². The van der Waals surface area contributed by atoms with Crippen LogP contribution in [-0.2, 0) is 16.2 Å². The Bertz CT molecular complexity index is 799. The highest BCUT2D eigenvalue weighted by Gasteiger charge is 2.12. The molecule has 1 N–H and O–H groups in total. The van der Waals surface area contributed by atoms with Crippen molar-refractivity contribution in [3.8, 4) is 5.75 Å². The van der Waals surface area contributed by atoms with Crippen LogP contribution in [0.1, 0.15) is 19.4 Å². The first kappa shape index (κ1) is 21.2. The van der Waals surface area contributed by atoms with E-state index in [9.17, 15) is 4.79 Å². The van der Waals surface area contributed by atoms with Gasteiger partial charge in [0.2, 0.25) is 0 Å². The van der Waals surface area contributed by atoms with Crippen LogP contribution in [0.4, 0.5) is 11.5 Å². The summed E-state index contributed by atoms with van der Waals surface area (Å²) in [5, 5.41) is 0.411. The molecule has 0 atom stereocenters. The number of carbonyl (C=O) groups is 1. The van der Waals surface area contributed by atoms with Gasteiger partial charge in [0.15, 0.2) is 0 Å². The number of ether oxygens (including phenoxy) is 1. The normalized spacial score (nSPS) is 10.4. The van der Waals surface area contributed by atoms with Crippen LogP contribution in [-0.4, -0.2) is 24.1 Å². The van der Waals surface area contributed by atoms with E-state index in [1.807, 2.05) is 31.2 Å². The molecule has 8 heteroatoms. The molecule has 0 spiro atoms. The maximum Gasteiger partial charge on any atom is 0.308 e. The average molecular weight is 455 g/mol. The molecule has 0 radical (unpaired) electrons. The third-order valence-corrected chi connectivity index (χ3v) is 4.13. The number of halogens is 2. The van der Waals surface area contributed by atoms with Gasteiger partial charge in [-0.2, -0.15) is 0 Å². The van der Waals surface area contributed by atoms with Crippen molar-refractivity contribution in [3.05, 3.63) is 58.2 Å².